The molecule has 1 unspecified atom stereocenters. The van der Waals surface area contributed by atoms with Crippen molar-refractivity contribution >= 4 is 11.8 Å². The largest absolute Gasteiger partial charge is 0.383 e. The van der Waals surface area contributed by atoms with Crippen molar-refractivity contribution in [1.82, 2.24) is 10.1 Å². The minimum absolute atomic E-state index is 0.299. The summed E-state index contributed by atoms with van der Waals surface area (Å²) in [5, 5.41) is 3.79. The molecular formula is C8H15N3O2S. The molecule has 1 aromatic rings. The van der Waals surface area contributed by atoms with Gasteiger partial charge in [-0.25, -0.2) is 0 Å². The molecule has 1 atom stereocenters. The molecular weight excluding hydrogens is 202 g/mol. The lowest BCUT2D eigenvalue weighted by atomic mass is 10.3. The van der Waals surface area contributed by atoms with E-state index >= 15 is 0 Å². The SMILES string of the molecule is COCC(N)c1noc(CCSC)n1. The van der Waals surface area contributed by atoms with Crippen LogP contribution < -0.4 is 5.73 Å². The molecule has 0 radical (unpaired) electrons. The highest BCUT2D eigenvalue weighted by Gasteiger charge is 2.13. The molecule has 0 saturated heterocycles. The molecule has 6 heteroatoms. The Bertz CT molecular complexity index is 267. The summed E-state index contributed by atoms with van der Waals surface area (Å²) in [6, 6.07) is -0.299. The van der Waals surface area contributed by atoms with Crippen LogP contribution in [-0.4, -0.2) is 35.9 Å². The molecule has 0 aliphatic heterocycles. The zero-order valence-corrected chi connectivity index (χ0v) is 9.21. The van der Waals surface area contributed by atoms with E-state index in [-0.39, 0.29) is 6.04 Å². The first-order valence-corrected chi connectivity index (χ1v) is 5.73. The first-order valence-electron chi connectivity index (χ1n) is 4.34. The number of hydrogen-bond acceptors (Lipinski definition) is 6. The van der Waals surface area contributed by atoms with Crippen LogP contribution in [0, 0.1) is 0 Å². The fraction of sp³-hybridized carbons (Fsp3) is 0.750. The van der Waals surface area contributed by atoms with Crippen molar-refractivity contribution in [1.29, 1.82) is 0 Å². The van der Waals surface area contributed by atoms with Crippen LogP contribution in [-0.2, 0) is 11.2 Å². The number of rotatable bonds is 6. The number of aromatic nitrogens is 2. The van der Waals surface area contributed by atoms with E-state index in [4.69, 9.17) is 15.0 Å². The second-order valence-corrected chi connectivity index (χ2v) is 3.84. The van der Waals surface area contributed by atoms with E-state index in [1.165, 1.54) is 0 Å². The van der Waals surface area contributed by atoms with Crippen LogP contribution in [0.25, 0.3) is 0 Å². The Morgan fingerprint density at radius 2 is 2.43 bits per heavy atom. The van der Waals surface area contributed by atoms with Crippen molar-refractivity contribution in [3.8, 4) is 0 Å². The molecule has 1 aromatic heterocycles. The summed E-state index contributed by atoms with van der Waals surface area (Å²) in [6.07, 6.45) is 2.82. The molecule has 80 valence electrons. The molecule has 0 aromatic carbocycles. The molecule has 14 heavy (non-hydrogen) atoms. The summed E-state index contributed by atoms with van der Waals surface area (Å²) >= 11 is 1.74. The highest BCUT2D eigenvalue weighted by Crippen LogP contribution is 2.08. The van der Waals surface area contributed by atoms with Crippen LogP contribution in [0.3, 0.4) is 0 Å². The number of aryl methyl sites for hydroxylation is 1. The van der Waals surface area contributed by atoms with Crippen molar-refractivity contribution < 1.29 is 9.26 Å². The van der Waals surface area contributed by atoms with Gasteiger partial charge in [0.1, 0.15) is 0 Å². The molecule has 0 aliphatic carbocycles. The van der Waals surface area contributed by atoms with Gasteiger partial charge >= 0.3 is 0 Å². The van der Waals surface area contributed by atoms with E-state index < -0.39 is 0 Å². The quantitative estimate of drug-likeness (QED) is 0.753. The third-order valence-corrected chi connectivity index (χ3v) is 2.29. The maximum absolute atomic E-state index is 5.73. The minimum Gasteiger partial charge on any atom is -0.383 e. The first kappa shape index (κ1) is 11.5. The monoisotopic (exact) mass is 217 g/mol. The molecule has 1 rings (SSSR count). The van der Waals surface area contributed by atoms with E-state index in [0.717, 1.165) is 12.2 Å². The van der Waals surface area contributed by atoms with Crippen LogP contribution in [0.1, 0.15) is 17.8 Å². The molecule has 5 nitrogen and oxygen atoms in total. The highest BCUT2D eigenvalue weighted by atomic mass is 32.2. The van der Waals surface area contributed by atoms with Gasteiger partial charge in [-0.15, -0.1) is 0 Å². The fourth-order valence-electron chi connectivity index (χ4n) is 0.964. The van der Waals surface area contributed by atoms with Gasteiger partial charge in [0, 0.05) is 19.3 Å². The van der Waals surface area contributed by atoms with E-state index in [1.54, 1.807) is 18.9 Å². The third kappa shape index (κ3) is 3.28. The van der Waals surface area contributed by atoms with Crippen LogP contribution in [0.4, 0.5) is 0 Å². The molecule has 1 heterocycles. The smallest absolute Gasteiger partial charge is 0.227 e. The van der Waals surface area contributed by atoms with Crippen molar-refractivity contribution in [2.75, 3.05) is 25.7 Å². The zero-order valence-electron chi connectivity index (χ0n) is 8.40. The van der Waals surface area contributed by atoms with Gasteiger partial charge in [0.05, 0.1) is 12.6 Å². The Morgan fingerprint density at radius 1 is 1.64 bits per heavy atom. The molecule has 0 saturated carbocycles. The highest BCUT2D eigenvalue weighted by molar-refractivity contribution is 7.98. The summed E-state index contributed by atoms with van der Waals surface area (Å²) in [5.74, 6) is 2.13. The molecule has 0 spiro atoms. The number of nitrogens with two attached hydrogens (primary N) is 1. The number of nitrogens with zero attached hydrogens (tertiary/aromatic N) is 2. The summed E-state index contributed by atoms with van der Waals surface area (Å²) < 4.78 is 9.92. The van der Waals surface area contributed by atoms with Crippen molar-refractivity contribution in [3.63, 3.8) is 0 Å². The zero-order chi connectivity index (χ0) is 10.4. The van der Waals surface area contributed by atoms with Crippen molar-refractivity contribution in [3.05, 3.63) is 11.7 Å². The van der Waals surface area contributed by atoms with Crippen molar-refractivity contribution in [2.45, 2.75) is 12.5 Å². The van der Waals surface area contributed by atoms with E-state index in [2.05, 4.69) is 10.1 Å². The Kier molecular flexibility index (Phi) is 4.92. The van der Waals surface area contributed by atoms with E-state index in [9.17, 15) is 0 Å². The number of hydrogen-bond donors (Lipinski definition) is 1. The maximum Gasteiger partial charge on any atom is 0.227 e. The number of methoxy groups -OCH3 is 1. The predicted molar refractivity (Wildman–Crippen MR) is 55.2 cm³/mol. The van der Waals surface area contributed by atoms with Gasteiger partial charge in [-0.05, 0) is 6.26 Å². The van der Waals surface area contributed by atoms with Gasteiger partial charge < -0.3 is 15.0 Å². The normalized spacial score (nSPS) is 13.1. The van der Waals surface area contributed by atoms with Gasteiger partial charge in [-0.2, -0.15) is 16.7 Å². The molecule has 2 N–H and O–H groups in total. The number of thioether (sulfide) groups is 1. The summed E-state index contributed by atoms with van der Waals surface area (Å²) in [6.45, 7) is 0.404. The van der Waals surface area contributed by atoms with E-state index in [1.807, 2.05) is 6.26 Å². The molecule has 0 aliphatic rings. The topological polar surface area (TPSA) is 74.2 Å². The average Bonchev–Trinajstić information content (AvgIpc) is 2.63. The van der Waals surface area contributed by atoms with Gasteiger partial charge in [0.15, 0.2) is 5.82 Å². The second kappa shape index (κ2) is 6.00. The van der Waals surface area contributed by atoms with Gasteiger partial charge in [0.2, 0.25) is 5.89 Å². The van der Waals surface area contributed by atoms with Crippen LogP contribution in [0.2, 0.25) is 0 Å². The lowest BCUT2D eigenvalue weighted by Gasteiger charge is -2.03. The van der Waals surface area contributed by atoms with Gasteiger partial charge in [-0.3, -0.25) is 0 Å². The fourth-order valence-corrected chi connectivity index (χ4v) is 1.34. The molecule has 0 amide bonds. The van der Waals surface area contributed by atoms with E-state index in [0.29, 0.717) is 18.3 Å². The average molecular weight is 217 g/mol. The van der Waals surface area contributed by atoms with Crippen LogP contribution in [0.15, 0.2) is 4.52 Å². The van der Waals surface area contributed by atoms with Crippen LogP contribution in [0.5, 0.6) is 0 Å². The Hall–Kier alpha value is -0.590. The summed E-state index contributed by atoms with van der Waals surface area (Å²) in [4.78, 5) is 4.17. The Labute approximate surface area is 87.4 Å². The summed E-state index contributed by atoms with van der Waals surface area (Å²) in [5.41, 5.74) is 5.73. The number of ether oxygens (including phenoxy) is 1. The third-order valence-electron chi connectivity index (χ3n) is 1.68. The van der Waals surface area contributed by atoms with Crippen LogP contribution >= 0.6 is 11.8 Å². The maximum atomic E-state index is 5.73. The predicted octanol–water partition coefficient (Wildman–Crippen LogP) is 0.621. The van der Waals surface area contributed by atoms with Gasteiger partial charge in [-0.1, -0.05) is 5.16 Å². The van der Waals surface area contributed by atoms with Gasteiger partial charge in [0.25, 0.3) is 0 Å². The lowest BCUT2D eigenvalue weighted by molar-refractivity contribution is 0.177. The molecule has 0 bridgehead atoms. The Balaban J connectivity index is 2.49. The van der Waals surface area contributed by atoms with Crippen molar-refractivity contribution in [2.24, 2.45) is 5.73 Å². The Morgan fingerprint density at radius 3 is 3.07 bits per heavy atom. The standard InChI is InChI=1S/C8H15N3O2S/c1-12-5-6(9)8-10-7(13-11-8)3-4-14-2/h6H,3-5,9H2,1-2H3. The lowest BCUT2D eigenvalue weighted by Crippen LogP contribution is -2.17. The second-order valence-electron chi connectivity index (χ2n) is 2.85. The summed E-state index contributed by atoms with van der Waals surface area (Å²) in [7, 11) is 1.59. The first-order chi connectivity index (χ1) is 6.77. The molecule has 0 fully saturated rings. The minimum atomic E-state index is -0.299.